The number of benzene rings is 1. The van der Waals surface area contributed by atoms with Gasteiger partial charge in [0.05, 0.1) is 11.7 Å². The van der Waals surface area contributed by atoms with Gasteiger partial charge in [-0.2, -0.15) is 0 Å². The number of carbonyl (C=O) groups is 1. The van der Waals surface area contributed by atoms with E-state index >= 15 is 0 Å². The van der Waals surface area contributed by atoms with Gasteiger partial charge in [0, 0.05) is 10.4 Å². The summed E-state index contributed by atoms with van der Waals surface area (Å²) in [5.41, 5.74) is 10.5. The number of anilines is 1. The van der Waals surface area contributed by atoms with Crippen LogP contribution in [-0.2, 0) is 17.6 Å². The van der Waals surface area contributed by atoms with E-state index in [0.717, 1.165) is 22.6 Å². The number of nitrogens with one attached hydrogen (secondary N) is 1. The van der Waals surface area contributed by atoms with E-state index in [2.05, 4.69) is 28.5 Å². The van der Waals surface area contributed by atoms with Gasteiger partial charge in [-0.1, -0.05) is 12.1 Å². The number of thiazole rings is 1. The molecule has 3 rings (SSSR count). The van der Waals surface area contributed by atoms with Crippen molar-refractivity contribution in [1.29, 1.82) is 0 Å². The molecule has 0 unspecified atom stereocenters. The number of carbonyl (C=O) groups excluding carboxylic acids is 1. The number of hydrogen-bond acceptors (Lipinski definition) is 4. The molecule has 0 spiro atoms. The van der Waals surface area contributed by atoms with Gasteiger partial charge in [-0.25, -0.2) is 4.98 Å². The molecule has 0 saturated carbocycles. The van der Waals surface area contributed by atoms with Crippen LogP contribution in [0.4, 0.5) is 5.13 Å². The molecule has 5 heteroatoms. The highest BCUT2D eigenvalue weighted by Gasteiger charge is 2.16. The largest absolute Gasteiger partial charge is 0.320 e. The van der Waals surface area contributed by atoms with Crippen LogP contribution < -0.4 is 11.1 Å². The van der Waals surface area contributed by atoms with Gasteiger partial charge in [0.15, 0.2) is 5.13 Å². The Balaban J connectivity index is 1.89. The van der Waals surface area contributed by atoms with Crippen LogP contribution in [0.3, 0.4) is 0 Å². The maximum atomic E-state index is 11.7. The Kier molecular flexibility index (Phi) is 3.78. The van der Waals surface area contributed by atoms with Gasteiger partial charge in [0.2, 0.25) is 5.91 Å². The van der Waals surface area contributed by atoms with Gasteiger partial charge in [0.1, 0.15) is 0 Å². The van der Waals surface area contributed by atoms with Crippen molar-refractivity contribution in [2.45, 2.75) is 39.2 Å². The number of amides is 1. The third-order valence-corrected chi connectivity index (χ3v) is 4.70. The second-order valence-electron chi connectivity index (χ2n) is 5.54. The molecule has 1 aromatic carbocycles. The fraction of sp³-hybridized carbons (Fsp3) is 0.375. The molecule has 1 aromatic heterocycles. The van der Waals surface area contributed by atoms with E-state index < -0.39 is 6.04 Å². The summed E-state index contributed by atoms with van der Waals surface area (Å²) in [4.78, 5) is 17.3. The Morgan fingerprint density at radius 1 is 1.38 bits per heavy atom. The summed E-state index contributed by atoms with van der Waals surface area (Å²) < 4.78 is 0. The molecule has 1 aliphatic rings. The van der Waals surface area contributed by atoms with Crippen molar-refractivity contribution in [1.82, 2.24) is 4.98 Å². The standard InChI is InChI=1S/C16H19N3OS/c1-9(17)15(20)19-16-18-14(10(2)21-16)13-7-6-11-4-3-5-12(11)8-13/h6-9H,3-5,17H2,1-2H3,(H,18,19,20)/t9-/m0/s1. The lowest BCUT2D eigenvalue weighted by Crippen LogP contribution is -2.32. The Morgan fingerprint density at radius 3 is 2.90 bits per heavy atom. The van der Waals surface area contributed by atoms with E-state index in [1.165, 1.54) is 35.3 Å². The highest BCUT2D eigenvalue weighted by Crippen LogP contribution is 2.33. The van der Waals surface area contributed by atoms with E-state index in [9.17, 15) is 4.79 Å². The van der Waals surface area contributed by atoms with Crippen LogP contribution in [0.2, 0.25) is 0 Å². The maximum Gasteiger partial charge on any atom is 0.242 e. The minimum atomic E-state index is -0.530. The average molecular weight is 301 g/mol. The first kappa shape index (κ1) is 14.2. The van der Waals surface area contributed by atoms with Crippen LogP contribution in [0.1, 0.15) is 29.3 Å². The van der Waals surface area contributed by atoms with Crippen molar-refractivity contribution in [2.24, 2.45) is 5.73 Å². The number of aryl methyl sites for hydroxylation is 3. The Morgan fingerprint density at radius 2 is 2.14 bits per heavy atom. The number of hydrogen-bond donors (Lipinski definition) is 2. The van der Waals surface area contributed by atoms with Crippen LogP contribution in [0.25, 0.3) is 11.3 Å². The summed E-state index contributed by atoms with van der Waals surface area (Å²) in [6.07, 6.45) is 3.58. The van der Waals surface area contributed by atoms with Gasteiger partial charge >= 0.3 is 0 Å². The summed E-state index contributed by atoms with van der Waals surface area (Å²) in [6.45, 7) is 3.69. The smallest absolute Gasteiger partial charge is 0.242 e. The fourth-order valence-corrected chi connectivity index (χ4v) is 3.49. The first-order valence-corrected chi connectivity index (χ1v) is 8.02. The highest BCUT2D eigenvalue weighted by atomic mass is 32.1. The monoisotopic (exact) mass is 301 g/mol. The predicted octanol–water partition coefficient (Wildman–Crippen LogP) is 2.89. The Hall–Kier alpha value is -1.72. The quantitative estimate of drug-likeness (QED) is 0.916. The first-order valence-electron chi connectivity index (χ1n) is 7.20. The zero-order valence-corrected chi connectivity index (χ0v) is 13.1. The number of rotatable bonds is 3. The van der Waals surface area contributed by atoms with Crippen molar-refractivity contribution in [2.75, 3.05) is 5.32 Å². The van der Waals surface area contributed by atoms with Gasteiger partial charge in [0.25, 0.3) is 0 Å². The second-order valence-corrected chi connectivity index (χ2v) is 6.74. The normalized spacial score (nSPS) is 14.8. The van der Waals surface area contributed by atoms with E-state index in [4.69, 9.17) is 5.73 Å². The molecule has 21 heavy (non-hydrogen) atoms. The second kappa shape index (κ2) is 5.58. The molecule has 2 aromatic rings. The minimum Gasteiger partial charge on any atom is -0.320 e. The third-order valence-electron chi connectivity index (χ3n) is 3.81. The van der Waals surface area contributed by atoms with E-state index in [-0.39, 0.29) is 5.91 Å². The van der Waals surface area contributed by atoms with Gasteiger partial charge in [-0.3, -0.25) is 4.79 Å². The summed E-state index contributed by atoms with van der Waals surface area (Å²) in [7, 11) is 0. The first-order chi connectivity index (χ1) is 10.0. The molecule has 0 fully saturated rings. The molecule has 4 nitrogen and oxygen atoms in total. The SMILES string of the molecule is Cc1sc(NC(=O)[C@H](C)N)nc1-c1ccc2c(c1)CCC2. The molecule has 0 radical (unpaired) electrons. The number of nitrogens with two attached hydrogens (primary N) is 1. The maximum absolute atomic E-state index is 11.7. The molecule has 110 valence electrons. The average Bonchev–Trinajstić information content (AvgIpc) is 3.04. The van der Waals surface area contributed by atoms with Crippen LogP contribution in [0.5, 0.6) is 0 Å². The van der Waals surface area contributed by atoms with E-state index in [1.807, 2.05) is 6.92 Å². The molecule has 1 aliphatic carbocycles. The summed E-state index contributed by atoms with van der Waals surface area (Å²) >= 11 is 1.49. The molecule has 0 bridgehead atoms. The zero-order chi connectivity index (χ0) is 15.0. The molecule has 1 atom stereocenters. The number of nitrogens with zero attached hydrogens (tertiary/aromatic N) is 1. The van der Waals surface area contributed by atoms with Crippen molar-refractivity contribution in [3.05, 3.63) is 34.2 Å². The van der Waals surface area contributed by atoms with Crippen molar-refractivity contribution < 1.29 is 4.79 Å². The lowest BCUT2D eigenvalue weighted by Gasteiger charge is -2.04. The van der Waals surface area contributed by atoms with Gasteiger partial charge < -0.3 is 11.1 Å². The van der Waals surface area contributed by atoms with Crippen molar-refractivity contribution >= 4 is 22.4 Å². The molecular formula is C16H19N3OS. The van der Waals surface area contributed by atoms with Gasteiger partial charge in [-0.05, 0) is 50.3 Å². The van der Waals surface area contributed by atoms with E-state index in [0.29, 0.717) is 5.13 Å². The number of fused-ring (bicyclic) bond motifs is 1. The van der Waals surface area contributed by atoms with Crippen LogP contribution in [-0.4, -0.2) is 16.9 Å². The minimum absolute atomic E-state index is 0.204. The highest BCUT2D eigenvalue weighted by molar-refractivity contribution is 7.16. The molecule has 0 aliphatic heterocycles. The third kappa shape index (κ3) is 2.84. The molecule has 0 saturated heterocycles. The van der Waals surface area contributed by atoms with Gasteiger partial charge in [-0.15, -0.1) is 11.3 Å². The summed E-state index contributed by atoms with van der Waals surface area (Å²) in [5.74, 6) is -0.204. The van der Waals surface area contributed by atoms with Crippen LogP contribution in [0.15, 0.2) is 18.2 Å². The lowest BCUT2D eigenvalue weighted by molar-refractivity contribution is -0.117. The zero-order valence-electron chi connectivity index (χ0n) is 12.3. The lowest BCUT2D eigenvalue weighted by atomic mass is 10.0. The molecule has 1 heterocycles. The van der Waals surface area contributed by atoms with Crippen molar-refractivity contribution in [3.8, 4) is 11.3 Å². The Labute approximate surface area is 128 Å². The Bertz CT molecular complexity index is 691. The topological polar surface area (TPSA) is 68.0 Å². The molecular weight excluding hydrogens is 282 g/mol. The van der Waals surface area contributed by atoms with Crippen LogP contribution >= 0.6 is 11.3 Å². The van der Waals surface area contributed by atoms with Crippen molar-refractivity contribution in [3.63, 3.8) is 0 Å². The molecule has 1 amide bonds. The predicted molar refractivity (Wildman–Crippen MR) is 86.6 cm³/mol. The number of aromatic nitrogens is 1. The van der Waals surface area contributed by atoms with Crippen LogP contribution in [0, 0.1) is 6.92 Å². The fourth-order valence-electron chi connectivity index (χ4n) is 2.66. The van der Waals surface area contributed by atoms with E-state index in [1.54, 1.807) is 6.92 Å². The summed E-state index contributed by atoms with van der Waals surface area (Å²) in [6, 6.07) is 6.04. The molecule has 3 N–H and O–H groups in total. The summed E-state index contributed by atoms with van der Waals surface area (Å²) in [5, 5.41) is 3.38.